The predicted octanol–water partition coefficient (Wildman–Crippen LogP) is 4.11. The van der Waals surface area contributed by atoms with Crippen molar-refractivity contribution in [2.24, 2.45) is 0 Å². The van der Waals surface area contributed by atoms with E-state index >= 15 is 0 Å². The summed E-state index contributed by atoms with van der Waals surface area (Å²) in [6, 6.07) is 15.1. The summed E-state index contributed by atoms with van der Waals surface area (Å²) in [7, 11) is 0. The Morgan fingerprint density at radius 3 is 2.59 bits per heavy atom. The molecule has 0 bridgehead atoms. The molecule has 0 radical (unpaired) electrons. The first kappa shape index (κ1) is 18.2. The number of hydrogen-bond acceptors (Lipinski definition) is 3. The number of aliphatic hydroxyl groups excluding tert-OH is 1. The number of amides is 1. The lowest BCUT2D eigenvalue weighted by molar-refractivity contribution is -0.133. The molecule has 0 aromatic heterocycles. The zero-order valence-corrected chi connectivity index (χ0v) is 15.9. The van der Waals surface area contributed by atoms with Crippen LogP contribution in [0, 0.1) is 0 Å². The van der Waals surface area contributed by atoms with Gasteiger partial charge in [-0.1, -0.05) is 61.0 Å². The summed E-state index contributed by atoms with van der Waals surface area (Å²) >= 11 is 6.11. The first-order valence-electron chi connectivity index (χ1n) is 9.28. The summed E-state index contributed by atoms with van der Waals surface area (Å²) in [4.78, 5) is 15.0. The van der Waals surface area contributed by atoms with Gasteiger partial charge >= 0.3 is 0 Å². The second-order valence-electron chi connectivity index (χ2n) is 7.00. The van der Waals surface area contributed by atoms with E-state index in [9.17, 15) is 9.90 Å². The van der Waals surface area contributed by atoms with E-state index in [-0.39, 0.29) is 12.0 Å². The summed E-state index contributed by atoms with van der Waals surface area (Å²) in [6.07, 6.45) is 4.09. The third-order valence-electron chi connectivity index (χ3n) is 5.17. The Morgan fingerprint density at radius 2 is 1.93 bits per heavy atom. The van der Waals surface area contributed by atoms with Gasteiger partial charge in [0.05, 0.1) is 12.2 Å². The van der Waals surface area contributed by atoms with Gasteiger partial charge in [-0.2, -0.15) is 0 Å². The zero-order valence-electron chi connectivity index (χ0n) is 15.1. The van der Waals surface area contributed by atoms with Crippen LogP contribution >= 0.6 is 11.6 Å². The van der Waals surface area contributed by atoms with Crippen molar-refractivity contribution in [2.45, 2.75) is 37.7 Å². The van der Waals surface area contributed by atoms with Crippen molar-refractivity contribution in [3.63, 3.8) is 0 Å². The molecular formula is C22H22ClNO3. The smallest absolute Gasteiger partial charge is 0.257 e. The van der Waals surface area contributed by atoms with Crippen LogP contribution in [0.1, 0.15) is 41.3 Å². The number of fused-ring (bicyclic) bond motifs is 1. The van der Waals surface area contributed by atoms with Crippen LogP contribution in [-0.4, -0.2) is 34.7 Å². The SMILES string of the molecule is CCCN1C(=O)c2ccccc2C1(O[C@H]1C=C[C@@H](O)C1)c1ccc(Cl)cc1. The average Bonchev–Trinajstić information content (AvgIpc) is 3.18. The van der Waals surface area contributed by atoms with Crippen molar-refractivity contribution in [1.29, 1.82) is 0 Å². The van der Waals surface area contributed by atoms with Gasteiger partial charge in [-0.25, -0.2) is 0 Å². The third-order valence-corrected chi connectivity index (χ3v) is 5.43. The Labute approximate surface area is 164 Å². The number of aliphatic hydroxyl groups is 1. The van der Waals surface area contributed by atoms with Gasteiger partial charge in [0.1, 0.15) is 0 Å². The molecule has 140 valence electrons. The van der Waals surface area contributed by atoms with E-state index in [0.717, 1.165) is 17.5 Å². The van der Waals surface area contributed by atoms with Gasteiger partial charge in [-0.3, -0.25) is 4.79 Å². The molecule has 0 saturated carbocycles. The van der Waals surface area contributed by atoms with Gasteiger partial charge in [0, 0.05) is 34.7 Å². The molecule has 1 heterocycles. The molecule has 1 N–H and O–H groups in total. The summed E-state index contributed by atoms with van der Waals surface area (Å²) in [6.45, 7) is 2.61. The number of hydrogen-bond donors (Lipinski definition) is 1. The minimum Gasteiger partial charge on any atom is -0.389 e. The van der Waals surface area contributed by atoms with E-state index in [2.05, 4.69) is 0 Å². The van der Waals surface area contributed by atoms with Crippen molar-refractivity contribution in [1.82, 2.24) is 4.90 Å². The van der Waals surface area contributed by atoms with Crippen LogP contribution in [0.5, 0.6) is 0 Å². The van der Waals surface area contributed by atoms with E-state index in [1.165, 1.54) is 0 Å². The molecule has 2 aromatic rings. The number of nitrogens with zero attached hydrogens (tertiary/aromatic N) is 1. The monoisotopic (exact) mass is 383 g/mol. The first-order chi connectivity index (χ1) is 13.1. The molecule has 4 nitrogen and oxygen atoms in total. The molecule has 1 aliphatic carbocycles. The van der Waals surface area contributed by atoms with E-state index in [4.69, 9.17) is 16.3 Å². The third kappa shape index (κ3) is 2.98. The Kier molecular flexibility index (Phi) is 4.81. The van der Waals surface area contributed by atoms with Crippen LogP contribution in [0.25, 0.3) is 0 Å². The normalized spacial score (nSPS) is 26.6. The highest BCUT2D eigenvalue weighted by Crippen LogP contribution is 2.47. The van der Waals surface area contributed by atoms with Crippen LogP contribution in [0.15, 0.2) is 60.7 Å². The van der Waals surface area contributed by atoms with Crippen LogP contribution in [0.2, 0.25) is 5.02 Å². The van der Waals surface area contributed by atoms with Gasteiger partial charge in [-0.15, -0.1) is 0 Å². The fourth-order valence-electron chi connectivity index (χ4n) is 4.02. The molecule has 0 saturated heterocycles. The number of carbonyl (C=O) groups excluding carboxylic acids is 1. The maximum absolute atomic E-state index is 13.2. The summed E-state index contributed by atoms with van der Waals surface area (Å²) in [5.41, 5.74) is 1.31. The van der Waals surface area contributed by atoms with Gasteiger partial charge in [0.25, 0.3) is 5.91 Å². The molecule has 4 rings (SSSR count). The second-order valence-corrected chi connectivity index (χ2v) is 7.43. The Balaban J connectivity index is 1.91. The molecule has 5 heteroatoms. The van der Waals surface area contributed by atoms with Crippen LogP contribution in [0.4, 0.5) is 0 Å². The number of benzene rings is 2. The predicted molar refractivity (Wildman–Crippen MR) is 105 cm³/mol. The quantitative estimate of drug-likeness (QED) is 0.790. The number of rotatable bonds is 5. The van der Waals surface area contributed by atoms with E-state index in [1.807, 2.05) is 61.5 Å². The highest BCUT2D eigenvalue weighted by Gasteiger charge is 2.53. The first-order valence-corrected chi connectivity index (χ1v) is 9.65. The van der Waals surface area contributed by atoms with Gasteiger partial charge in [-0.05, 0) is 24.6 Å². The highest BCUT2D eigenvalue weighted by molar-refractivity contribution is 6.30. The number of halogens is 1. The topological polar surface area (TPSA) is 49.8 Å². The van der Waals surface area contributed by atoms with Crippen LogP contribution < -0.4 is 0 Å². The fraction of sp³-hybridized carbons (Fsp3) is 0.318. The number of carbonyl (C=O) groups is 1. The molecule has 2 aliphatic rings. The molecule has 0 spiro atoms. The second kappa shape index (κ2) is 7.12. The summed E-state index contributed by atoms with van der Waals surface area (Å²) in [5.74, 6) is -0.0371. The van der Waals surface area contributed by atoms with Crippen molar-refractivity contribution in [3.05, 3.63) is 82.4 Å². The molecule has 3 atom stereocenters. The van der Waals surface area contributed by atoms with Crippen LogP contribution in [0.3, 0.4) is 0 Å². The van der Waals surface area contributed by atoms with Crippen molar-refractivity contribution in [3.8, 4) is 0 Å². The molecule has 2 aromatic carbocycles. The standard InChI is InChI=1S/C22H22ClNO3/c1-2-13-24-21(26)19-5-3-4-6-20(19)22(24,15-7-9-16(23)10-8-15)27-18-12-11-17(25)14-18/h3-12,17-18,25H,2,13-14H2,1H3/t17-,18+,22?/m1/s1. The molecule has 0 fully saturated rings. The van der Waals surface area contributed by atoms with Gasteiger partial charge in [0.2, 0.25) is 0 Å². The van der Waals surface area contributed by atoms with E-state index in [0.29, 0.717) is 23.6 Å². The fourth-order valence-corrected chi connectivity index (χ4v) is 4.14. The lowest BCUT2D eigenvalue weighted by atomic mass is 9.93. The lowest BCUT2D eigenvalue weighted by Gasteiger charge is -2.41. The molecule has 1 amide bonds. The Hall–Kier alpha value is -2.14. The lowest BCUT2D eigenvalue weighted by Crippen LogP contribution is -2.49. The van der Waals surface area contributed by atoms with E-state index in [1.54, 1.807) is 11.0 Å². The zero-order chi connectivity index (χ0) is 19.0. The minimum absolute atomic E-state index is 0.0371. The molecular weight excluding hydrogens is 362 g/mol. The summed E-state index contributed by atoms with van der Waals surface area (Å²) in [5, 5.41) is 10.5. The maximum atomic E-state index is 13.2. The van der Waals surface area contributed by atoms with Crippen molar-refractivity contribution >= 4 is 17.5 Å². The summed E-state index contributed by atoms with van der Waals surface area (Å²) < 4.78 is 6.63. The number of ether oxygens (including phenoxy) is 1. The average molecular weight is 384 g/mol. The van der Waals surface area contributed by atoms with Gasteiger partial charge < -0.3 is 14.7 Å². The van der Waals surface area contributed by atoms with Crippen molar-refractivity contribution < 1.29 is 14.6 Å². The highest BCUT2D eigenvalue weighted by atomic mass is 35.5. The molecule has 1 aliphatic heterocycles. The largest absolute Gasteiger partial charge is 0.389 e. The van der Waals surface area contributed by atoms with Crippen LogP contribution in [-0.2, 0) is 10.5 Å². The Morgan fingerprint density at radius 1 is 1.19 bits per heavy atom. The van der Waals surface area contributed by atoms with Gasteiger partial charge in [0.15, 0.2) is 5.72 Å². The minimum atomic E-state index is -1.03. The molecule has 1 unspecified atom stereocenters. The maximum Gasteiger partial charge on any atom is 0.257 e. The molecule has 27 heavy (non-hydrogen) atoms. The Bertz CT molecular complexity index is 879. The van der Waals surface area contributed by atoms with E-state index < -0.39 is 11.8 Å². The van der Waals surface area contributed by atoms with Crippen molar-refractivity contribution in [2.75, 3.05) is 6.54 Å².